The van der Waals surface area contributed by atoms with Gasteiger partial charge in [0.1, 0.15) is 0 Å². The first-order chi connectivity index (χ1) is 15.1. The van der Waals surface area contributed by atoms with Gasteiger partial charge in [-0.25, -0.2) is 0 Å². The van der Waals surface area contributed by atoms with Gasteiger partial charge in [0, 0.05) is 12.1 Å². The molecule has 2 heterocycles. The minimum absolute atomic E-state index is 0.599. The number of nitrogens with zero attached hydrogens (tertiary/aromatic N) is 4. The highest BCUT2D eigenvalue weighted by Crippen LogP contribution is 2.32. The zero-order valence-electron chi connectivity index (χ0n) is 17.3. The molecule has 8 heteroatoms. The summed E-state index contributed by atoms with van der Waals surface area (Å²) in [6.45, 7) is 5.08. The number of pyridine rings is 1. The van der Waals surface area contributed by atoms with Gasteiger partial charge in [0.05, 0.1) is 24.2 Å². The number of anilines is 1. The number of hydrogen-bond acceptors (Lipinski definition) is 5. The SMILES string of the molecule is CCc1nc(CC)c(I)c(NCc2ccc(-c3ccccc3-c3nn[nH]n3)cc2)c1I. The van der Waals surface area contributed by atoms with Gasteiger partial charge in [-0.2, -0.15) is 5.21 Å². The molecule has 0 atom stereocenters. The normalized spacial score (nSPS) is 11.0. The van der Waals surface area contributed by atoms with Crippen molar-refractivity contribution in [2.45, 2.75) is 33.2 Å². The molecule has 0 bridgehead atoms. The predicted molar refractivity (Wildman–Crippen MR) is 141 cm³/mol. The zero-order chi connectivity index (χ0) is 21.8. The number of H-pyrrole nitrogens is 1. The van der Waals surface area contributed by atoms with Crippen molar-refractivity contribution in [3.63, 3.8) is 0 Å². The summed E-state index contributed by atoms with van der Waals surface area (Å²) in [5.74, 6) is 0.599. The Morgan fingerprint density at radius 3 is 2.10 bits per heavy atom. The van der Waals surface area contributed by atoms with Crippen LogP contribution in [0.4, 0.5) is 5.69 Å². The van der Waals surface area contributed by atoms with E-state index < -0.39 is 0 Å². The Morgan fingerprint density at radius 2 is 1.52 bits per heavy atom. The molecule has 4 aromatic rings. The third-order valence-electron chi connectivity index (χ3n) is 5.13. The molecule has 0 fully saturated rings. The maximum absolute atomic E-state index is 4.83. The molecule has 31 heavy (non-hydrogen) atoms. The number of aromatic amines is 1. The van der Waals surface area contributed by atoms with E-state index in [4.69, 9.17) is 4.98 Å². The van der Waals surface area contributed by atoms with Gasteiger partial charge in [0.15, 0.2) is 0 Å². The fourth-order valence-corrected chi connectivity index (χ4v) is 5.91. The smallest absolute Gasteiger partial charge is 0.205 e. The lowest BCUT2D eigenvalue weighted by molar-refractivity contribution is 0.881. The first-order valence-electron chi connectivity index (χ1n) is 10.1. The molecule has 2 aromatic heterocycles. The number of aromatic nitrogens is 5. The van der Waals surface area contributed by atoms with Crippen molar-refractivity contribution in [1.82, 2.24) is 25.6 Å². The van der Waals surface area contributed by atoms with E-state index in [-0.39, 0.29) is 0 Å². The lowest BCUT2D eigenvalue weighted by Crippen LogP contribution is -2.09. The summed E-state index contributed by atoms with van der Waals surface area (Å²) in [5, 5.41) is 18.1. The average Bonchev–Trinajstić information content (AvgIpc) is 3.34. The van der Waals surface area contributed by atoms with E-state index in [2.05, 4.69) is 115 Å². The minimum Gasteiger partial charge on any atom is -0.379 e. The van der Waals surface area contributed by atoms with Gasteiger partial charge in [-0.3, -0.25) is 4.98 Å². The van der Waals surface area contributed by atoms with Crippen molar-refractivity contribution in [3.8, 4) is 22.5 Å². The van der Waals surface area contributed by atoms with Crippen molar-refractivity contribution < 1.29 is 0 Å². The second kappa shape index (κ2) is 10.0. The Hall–Kier alpha value is -2.08. The number of benzene rings is 2. The summed E-state index contributed by atoms with van der Waals surface area (Å²) in [6, 6.07) is 16.7. The number of halogens is 2. The Labute approximate surface area is 208 Å². The Bertz CT molecular complexity index is 1150. The van der Waals surface area contributed by atoms with Gasteiger partial charge >= 0.3 is 0 Å². The summed E-state index contributed by atoms with van der Waals surface area (Å²) in [5.41, 5.74) is 7.90. The van der Waals surface area contributed by atoms with E-state index >= 15 is 0 Å². The molecule has 0 radical (unpaired) electrons. The van der Waals surface area contributed by atoms with Crippen LogP contribution < -0.4 is 5.32 Å². The number of rotatable bonds is 7. The molecule has 158 valence electrons. The van der Waals surface area contributed by atoms with Crippen LogP contribution in [0, 0.1) is 7.14 Å². The molecule has 6 nitrogen and oxygen atoms in total. The fraction of sp³-hybridized carbons (Fsp3) is 0.217. The van der Waals surface area contributed by atoms with Gasteiger partial charge in [0.25, 0.3) is 0 Å². The molecular formula is C23H22I2N6. The molecular weight excluding hydrogens is 614 g/mol. The highest BCUT2D eigenvalue weighted by Gasteiger charge is 2.15. The van der Waals surface area contributed by atoms with Gasteiger partial charge in [-0.1, -0.05) is 62.4 Å². The molecule has 0 spiro atoms. The zero-order valence-corrected chi connectivity index (χ0v) is 21.6. The lowest BCUT2D eigenvalue weighted by atomic mass is 9.98. The quantitative estimate of drug-likeness (QED) is 0.248. The highest BCUT2D eigenvalue weighted by atomic mass is 127. The van der Waals surface area contributed by atoms with Crippen molar-refractivity contribution in [3.05, 3.63) is 72.6 Å². The second-order valence-corrected chi connectivity index (χ2v) is 9.20. The minimum atomic E-state index is 0.599. The van der Waals surface area contributed by atoms with Crippen LogP contribution >= 0.6 is 45.2 Å². The first-order valence-corrected chi connectivity index (χ1v) is 12.3. The molecule has 0 saturated heterocycles. The van der Waals surface area contributed by atoms with Crippen molar-refractivity contribution in [2.24, 2.45) is 0 Å². The Balaban J connectivity index is 1.57. The standard InChI is InChI=1S/C23H22I2N6/c1-3-18-20(24)22(21(25)19(4-2)27-18)26-13-14-9-11-15(12-10-14)16-7-5-6-8-17(16)23-28-30-31-29-23/h5-12H,3-4,13H2,1-2H3,(H,26,27)(H,28,29,30,31). The maximum atomic E-state index is 4.83. The molecule has 0 aliphatic carbocycles. The van der Waals surface area contributed by atoms with Crippen LogP contribution in [-0.4, -0.2) is 25.6 Å². The lowest BCUT2D eigenvalue weighted by Gasteiger charge is -2.16. The summed E-state index contributed by atoms with van der Waals surface area (Å²) >= 11 is 4.83. The van der Waals surface area contributed by atoms with E-state index in [1.54, 1.807) is 0 Å². The van der Waals surface area contributed by atoms with Crippen LogP contribution in [0.3, 0.4) is 0 Å². The molecule has 2 N–H and O–H groups in total. The van der Waals surface area contributed by atoms with E-state index in [0.29, 0.717) is 5.82 Å². The van der Waals surface area contributed by atoms with Crippen LogP contribution in [-0.2, 0) is 19.4 Å². The van der Waals surface area contributed by atoms with E-state index in [0.717, 1.165) is 47.5 Å². The van der Waals surface area contributed by atoms with E-state index in [1.807, 2.05) is 18.2 Å². The Morgan fingerprint density at radius 1 is 0.871 bits per heavy atom. The third-order valence-corrected chi connectivity index (χ3v) is 7.46. The van der Waals surface area contributed by atoms with Crippen LogP contribution in [0.1, 0.15) is 30.8 Å². The van der Waals surface area contributed by atoms with E-state index in [1.165, 1.54) is 18.4 Å². The molecule has 0 unspecified atom stereocenters. The van der Waals surface area contributed by atoms with Gasteiger partial charge < -0.3 is 5.32 Å². The predicted octanol–water partition coefficient (Wildman–Crippen LogP) is 5.87. The van der Waals surface area contributed by atoms with Crippen molar-refractivity contribution >= 4 is 50.9 Å². The van der Waals surface area contributed by atoms with Crippen LogP contribution in [0.5, 0.6) is 0 Å². The van der Waals surface area contributed by atoms with Crippen molar-refractivity contribution in [1.29, 1.82) is 0 Å². The highest BCUT2D eigenvalue weighted by molar-refractivity contribution is 14.1. The third kappa shape index (κ3) is 4.74. The summed E-state index contributed by atoms with van der Waals surface area (Å²) < 4.78 is 2.43. The number of aryl methyl sites for hydroxylation is 2. The van der Waals surface area contributed by atoms with Crippen LogP contribution in [0.2, 0.25) is 0 Å². The van der Waals surface area contributed by atoms with Crippen LogP contribution in [0.15, 0.2) is 48.5 Å². The number of tetrazole rings is 1. The van der Waals surface area contributed by atoms with Gasteiger partial charge in [0.2, 0.25) is 5.82 Å². The van der Waals surface area contributed by atoms with Crippen LogP contribution in [0.25, 0.3) is 22.5 Å². The van der Waals surface area contributed by atoms with E-state index in [9.17, 15) is 0 Å². The summed E-state index contributed by atoms with van der Waals surface area (Å²) in [4.78, 5) is 4.83. The van der Waals surface area contributed by atoms with Crippen molar-refractivity contribution in [2.75, 3.05) is 5.32 Å². The Kier molecular flexibility index (Phi) is 7.16. The molecule has 0 aliphatic rings. The summed E-state index contributed by atoms with van der Waals surface area (Å²) in [7, 11) is 0. The van der Waals surface area contributed by atoms with Gasteiger partial charge in [-0.05, 0) is 79.9 Å². The largest absolute Gasteiger partial charge is 0.379 e. The summed E-state index contributed by atoms with van der Waals surface area (Å²) in [6.07, 6.45) is 1.87. The van der Waals surface area contributed by atoms with Gasteiger partial charge in [-0.15, -0.1) is 10.2 Å². The average molecular weight is 636 g/mol. The second-order valence-electron chi connectivity index (χ2n) is 7.05. The fourth-order valence-electron chi connectivity index (χ4n) is 3.47. The maximum Gasteiger partial charge on any atom is 0.205 e. The topological polar surface area (TPSA) is 79.4 Å². The molecule has 0 saturated carbocycles. The number of hydrogen-bond donors (Lipinski definition) is 2. The first kappa shape index (κ1) is 22.1. The molecule has 0 amide bonds. The molecule has 2 aromatic carbocycles. The molecule has 0 aliphatic heterocycles. The monoisotopic (exact) mass is 636 g/mol. The molecule has 4 rings (SSSR count). The number of nitrogens with one attached hydrogen (secondary N) is 2.